The first kappa shape index (κ1) is 20.4. The molecule has 2 aromatic rings. The fourth-order valence-electron chi connectivity index (χ4n) is 4.13. The molecule has 0 saturated heterocycles. The first-order chi connectivity index (χ1) is 13.8. The van der Waals surface area contributed by atoms with Crippen molar-refractivity contribution < 1.29 is 4.74 Å². The molecule has 0 bridgehead atoms. The van der Waals surface area contributed by atoms with Crippen molar-refractivity contribution in [2.24, 2.45) is 0 Å². The third-order valence-electron chi connectivity index (χ3n) is 5.62. The van der Waals surface area contributed by atoms with E-state index in [1.165, 1.54) is 5.56 Å². The lowest BCUT2D eigenvalue weighted by molar-refractivity contribution is 0.205. The van der Waals surface area contributed by atoms with Crippen molar-refractivity contribution in [2.45, 2.75) is 50.4 Å². The molecular weight excluding hydrogens is 491 g/mol. The lowest BCUT2D eigenvalue weighted by atomic mass is 9.85. The summed E-state index contributed by atoms with van der Waals surface area (Å²) in [7, 11) is -1.13. The maximum Gasteiger partial charge on any atom is 0.165 e. The molecule has 3 nitrogen and oxygen atoms in total. The van der Waals surface area contributed by atoms with E-state index in [1.54, 1.807) is 0 Å². The largest absolute Gasteiger partial charge is 0.473 e. The van der Waals surface area contributed by atoms with Crippen LogP contribution in [-0.4, -0.2) is 4.93 Å². The molecule has 2 aromatic carbocycles. The Morgan fingerprint density at radius 3 is 2.66 bits per heavy atom. The molecule has 2 aliphatic heterocycles. The molecule has 0 amide bonds. The molecule has 2 aliphatic rings. The molecule has 0 radical (unpaired) electrons. The van der Waals surface area contributed by atoms with E-state index >= 15 is 0 Å². The molecular formula is C24H25IN2OS. The highest BCUT2D eigenvalue weighted by Gasteiger charge is 2.47. The molecule has 4 rings (SSSR count). The Bertz CT molecular complexity index is 1130. The SMILES string of the molecule is CC(C)(C)c1ccccc1N(I)c1cccc2c1OC1(C)C2C=CCC#[SH]1C#N. The van der Waals surface area contributed by atoms with Gasteiger partial charge in [-0.05, 0) is 30.0 Å². The molecule has 0 saturated carbocycles. The topological polar surface area (TPSA) is 36.3 Å². The number of para-hydroxylation sites is 2. The van der Waals surface area contributed by atoms with E-state index in [0.717, 1.165) is 22.7 Å². The van der Waals surface area contributed by atoms with Gasteiger partial charge in [0, 0.05) is 12.0 Å². The van der Waals surface area contributed by atoms with Crippen LogP contribution in [0.4, 0.5) is 11.4 Å². The van der Waals surface area contributed by atoms with Crippen LogP contribution in [0.25, 0.3) is 0 Å². The molecule has 5 heteroatoms. The van der Waals surface area contributed by atoms with Gasteiger partial charge in [0.05, 0.1) is 40.2 Å². The maximum absolute atomic E-state index is 9.79. The highest BCUT2D eigenvalue weighted by molar-refractivity contribution is 14.1. The average Bonchev–Trinajstić information content (AvgIpc) is 2.88. The molecule has 2 heterocycles. The highest BCUT2D eigenvalue weighted by atomic mass is 127. The van der Waals surface area contributed by atoms with Crippen molar-refractivity contribution in [3.05, 3.63) is 65.7 Å². The summed E-state index contributed by atoms with van der Waals surface area (Å²) in [6, 6.07) is 14.8. The second-order valence-electron chi connectivity index (χ2n) is 8.60. The number of fused-ring (bicyclic) bond motifs is 3. The van der Waals surface area contributed by atoms with Crippen molar-refractivity contribution in [1.82, 2.24) is 0 Å². The molecule has 3 unspecified atom stereocenters. The Labute approximate surface area is 189 Å². The van der Waals surface area contributed by atoms with Gasteiger partial charge in [0.2, 0.25) is 0 Å². The minimum atomic E-state index is -1.13. The first-order valence-electron chi connectivity index (χ1n) is 9.75. The van der Waals surface area contributed by atoms with Crippen LogP contribution in [0.5, 0.6) is 5.75 Å². The van der Waals surface area contributed by atoms with Gasteiger partial charge in [0.15, 0.2) is 4.93 Å². The lowest BCUT2D eigenvalue weighted by Gasteiger charge is -2.29. The number of thiol groups is 1. The standard InChI is InChI=1S/C24H25IN2OS/c1-23(2,3)19-12-5-6-13-20(19)27(25)21-14-9-10-17-18-11-7-8-15-29(16-26)24(18,4)28-22(17)21/h5-7,9-14,18,29H,8H2,1-4H3. The predicted molar refractivity (Wildman–Crippen MR) is 132 cm³/mol. The fourth-order valence-corrected chi connectivity index (χ4v) is 6.48. The predicted octanol–water partition coefficient (Wildman–Crippen LogP) is 7.07. The van der Waals surface area contributed by atoms with Crippen LogP contribution in [0.1, 0.15) is 51.2 Å². The Morgan fingerprint density at radius 1 is 1.21 bits per heavy atom. The normalized spacial score (nSPS) is 24.8. The number of hydrogen-bond donors (Lipinski definition) is 1. The summed E-state index contributed by atoms with van der Waals surface area (Å²) in [6.45, 7) is 8.77. The van der Waals surface area contributed by atoms with Crippen molar-refractivity contribution in [3.8, 4) is 16.3 Å². The summed E-state index contributed by atoms with van der Waals surface area (Å²) in [5, 5.41) is 15.6. The van der Waals surface area contributed by atoms with Crippen LogP contribution < -0.4 is 7.85 Å². The number of thiocyanates is 1. The van der Waals surface area contributed by atoms with Gasteiger partial charge in [-0.1, -0.05) is 73.6 Å². The number of ether oxygens (including phenoxy) is 1. The number of anilines is 2. The van der Waals surface area contributed by atoms with E-state index in [-0.39, 0.29) is 11.3 Å². The van der Waals surface area contributed by atoms with E-state index < -0.39 is 15.2 Å². The van der Waals surface area contributed by atoms with Gasteiger partial charge in [-0.15, -0.1) is 5.18 Å². The molecule has 29 heavy (non-hydrogen) atoms. The summed E-state index contributed by atoms with van der Waals surface area (Å²) in [4.78, 5) is -0.573. The van der Waals surface area contributed by atoms with Crippen molar-refractivity contribution >= 4 is 44.5 Å². The van der Waals surface area contributed by atoms with Crippen LogP contribution in [0.2, 0.25) is 0 Å². The van der Waals surface area contributed by atoms with Crippen LogP contribution >= 0.6 is 33.2 Å². The summed E-state index contributed by atoms with van der Waals surface area (Å²) in [5.74, 6) is 0.954. The monoisotopic (exact) mass is 516 g/mol. The number of nitrogens with zero attached hydrogens (tertiary/aromatic N) is 2. The average molecular weight is 516 g/mol. The molecule has 0 N–H and O–H groups in total. The van der Waals surface area contributed by atoms with E-state index in [2.05, 4.69) is 119 Å². The van der Waals surface area contributed by atoms with E-state index in [9.17, 15) is 5.26 Å². The Morgan fingerprint density at radius 2 is 1.93 bits per heavy atom. The Balaban J connectivity index is 1.85. The quantitative estimate of drug-likeness (QED) is 0.153. The zero-order valence-corrected chi connectivity index (χ0v) is 20.2. The van der Waals surface area contributed by atoms with Gasteiger partial charge >= 0.3 is 0 Å². The smallest absolute Gasteiger partial charge is 0.165 e. The number of allylic oxidation sites excluding steroid dienone is 1. The number of benzene rings is 2. The van der Waals surface area contributed by atoms with Crippen molar-refractivity contribution in [1.29, 1.82) is 5.26 Å². The number of hydrogen-bond acceptors (Lipinski definition) is 3. The van der Waals surface area contributed by atoms with Gasteiger partial charge in [0.1, 0.15) is 11.2 Å². The molecule has 0 spiro atoms. The maximum atomic E-state index is 9.79. The molecule has 0 aromatic heterocycles. The summed E-state index contributed by atoms with van der Waals surface area (Å²) in [5.41, 5.74) is 4.65. The minimum Gasteiger partial charge on any atom is -0.473 e. The molecule has 0 fully saturated rings. The van der Waals surface area contributed by atoms with Gasteiger partial charge in [0.25, 0.3) is 0 Å². The van der Waals surface area contributed by atoms with Crippen molar-refractivity contribution in [2.75, 3.05) is 3.11 Å². The van der Waals surface area contributed by atoms with E-state index in [4.69, 9.17) is 4.74 Å². The third-order valence-corrected chi connectivity index (χ3v) is 8.62. The lowest BCUT2D eigenvalue weighted by Crippen LogP contribution is -2.29. The minimum absolute atomic E-state index is 0.0263. The summed E-state index contributed by atoms with van der Waals surface area (Å²) < 4.78 is 8.82. The van der Waals surface area contributed by atoms with Gasteiger partial charge in [-0.25, -0.2) is 0 Å². The van der Waals surface area contributed by atoms with Gasteiger partial charge in [-0.2, -0.15) is 5.26 Å². The van der Waals surface area contributed by atoms with Crippen LogP contribution in [0, 0.1) is 15.8 Å². The Hall–Kier alpha value is -1.87. The van der Waals surface area contributed by atoms with Gasteiger partial charge in [-0.3, -0.25) is 3.11 Å². The van der Waals surface area contributed by atoms with E-state index in [0.29, 0.717) is 6.42 Å². The number of nitriles is 1. The number of rotatable bonds is 2. The third kappa shape index (κ3) is 3.38. The second kappa shape index (κ2) is 7.43. The second-order valence-corrected chi connectivity index (χ2v) is 11.6. The molecule has 0 aliphatic carbocycles. The number of halogens is 1. The zero-order chi connectivity index (χ0) is 20.8. The summed E-state index contributed by atoms with van der Waals surface area (Å²) >= 11 is 2.37. The zero-order valence-electron chi connectivity index (χ0n) is 17.1. The van der Waals surface area contributed by atoms with Crippen LogP contribution in [-0.2, 0) is 5.41 Å². The molecule has 150 valence electrons. The summed E-state index contributed by atoms with van der Waals surface area (Å²) in [6.07, 6.45) is 5.02. The van der Waals surface area contributed by atoms with Crippen LogP contribution in [0.15, 0.2) is 54.6 Å². The van der Waals surface area contributed by atoms with E-state index in [1.807, 2.05) is 0 Å². The Kier molecular flexibility index (Phi) is 5.23. The fraction of sp³-hybridized carbons (Fsp3) is 0.333. The van der Waals surface area contributed by atoms with Gasteiger partial charge < -0.3 is 4.74 Å². The van der Waals surface area contributed by atoms with Crippen molar-refractivity contribution in [3.63, 3.8) is 0 Å². The highest BCUT2D eigenvalue weighted by Crippen LogP contribution is 2.57. The first-order valence-corrected chi connectivity index (χ1v) is 12.1. The van der Waals surface area contributed by atoms with Crippen LogP contribution in [0.3, 0.4) is 0 Å². The molecule has 3 atom stereocenters.